The number of nitro groups is 3. The highest BCUT2D eigenvalue weighted by Gasteiger charge is 2.25. The Morgan fingerprint density at radius 1 is 0.506 bits per heavy atom. The molecule has 0 aliphatic heterocycles. The molecular weight excluding hydrogens is 1090 g/mol. The van der Waals surface area contributed by atoms with Crippen LogP contribution in [0.15, 0.2) is 18.2 Å². The molecule has 10 aromatic rings. The van der Waals surface area contributed by atoms with Crippen LogP contribution in [0.3, 0.4) is 0 Å². The first-order chi connectivity index (χ1) is 36.0. The Morgan fingerprint density at radius 3 is 1.32 bits per heavy atom. The number of anilines is 1. The molecule has 0 fully saturated rings. The fraction of sp³-hybridized carbons (Fsp3) is 0.315. The predicted molar refractivity (Wildman–Crippen MR) is 319 cm³/mol. The van der Waals surface area contributed by atoms with Crippen molar-refractivity contribution in [3.8, 4) is 6.07 Å². The van der Waals surface area contributed by atoms with E-state index in [0.717, 1.165) is 88.2 Å². The summed E-state index contributed by atoms with van der Waals surface area (Å²) in [6, 6.07) is 7.56. The fourth-order valence-corrected chi connectivity index (χ4v) is 14.0. The molecule has 5 aromatic carbocycles. The number of nitro benzene ring substituents is 3. The van der Waals surface area contributed by atoms with E-state index >= 15 is 0 Å². The molecule has 0 aliphatic carbocycles. The Labute approximate surface area is 469 Å². The third-order valence-electron chi connectivity index (χ3n) is 12.6. The fourth-order valence-electron chi connectivity index (χ4n) is 8.69. The van der Waals surface area contributed by atoms with Gasteiger partial charge >= 0.3 is 0 Å². The maximum atomic E-state index is 10.9. The number of rotatable bonds is 4. The van der Waals surface area contributed by atoms with E-state index in [2.05, 4.69) is 81.7 Å². The van der Waals surface area contributed by atoms with Gasteiger partial charge in [0, 0.05) is 37.5 Å². The minimum Gasteiger partial charge on any atom is -0.377 e. The summed E-state index contributed by atoms with van der Waals surface area (Å²) in [6.07, 6.45) is 0. The Morgan fingerprint density at radius 2 is 0.883 bits per heavy atom. The third-order valence-corrected chi connectivity index (χ3v) is 18.5. The summed E-state index contributed by atoms with van der Waals surface area (Å²) in [5.74, 6) is 0. The summed E-state index contributed by atoms with van der Waals surface area (Å²) < 4.78 is 5.27. The van der Waals surface area contributed by atoms with E-state index < -0.39 is 4.92 Å². The highest BCUT2D eigenvalue weighted by atomic mass is 35.5. The molecule has 0 bridgehead atoms. The van der Waals surface area contributed by atoms with Gasteiger partial charge in [-0.15, -0.1) is 56.7 Å². The van der Waals surface area contributed by atoms with Crippen molar-refractivity contribution in [3.05, 3.63) is 151 Å². The maximum absolute atomic E-state index is 10.9. The van der Waals surface area contributed by atoms with Crippen molar-refractivity contribution in [1.29, 1.82) is 5.26 Å². The number of hydrogen-bond donors (Lipinski definition) is 0. The number of halogens is 1. The number of thiazole rings is 5. The summed E-state index contributed by atoms with van der Waals surface area (Å²) in [4.78, 5) is 59.1. The maximum Gasteiger partial charge on any atom is 0.293 e. The molecule has 0 saturated carbocycles. The standard InChI is InChI=1S/C12H9N3S.C12H16N2S.C10H9ClN2O2S.2C10H10N2O2S/c1-6-9(5-13)10(14-4)7(2)11-12(6)16-8(3)15-11;1-7-6-10(14(4)5)8(2)12-11(7)13-9(3)15-12;1-4-7(11)9(13(14)15)5(2)8-10(4)16-6(3)12-8;1-5-4-8(12(13)14)6(2)9-10(5)15-7(3)11-9;1-5-4-8(12(13)14)6(2)10-9(5)11-7(3)15-10/h1-3H3;6H,1-5H3;1-3H3;2*4H,1-3H3. The van der Waals surface area contributed by atoms with Crippen molar-refractivity contribution >= 4 is 148 Å². The van der Waals surface area contributed by atoms with Crippen LogP contribution in [-0.4, -0.2) is 53.8 Å². The van der Waals surface area contributed by atoms with Crippen molar-refractivity contribution < 1.29 is 14.8 Å². The Bertz CT molecular complexity index is 3980. The summed E-state index contributed by atoms with van der Waals surface area (Å²) in [6.45, 7) is 35.6. The molecule has 0 atom stereocenters. The molecule has 17 nitrogen and oxygen atoms in total. The second kappa shape index (κ2) is 23.6. The predicted octanol–water partition coefficient (Wildman–Crippen LogP) is 17.0. The first-order valence-corrected chi connectivity index (χ1v) is 28.0. The highest BCUT2D eigenvalue weighted by molar-refractivity contribution is 7.20. The van der Waals surface area contributed by atoms with Crippen LogP contribution in [0.5, 0.6) is 0 Å². The topological polar surface area (TPSA) is 225 Å². The highest BCUT2D eigenvalue weighted by Crippen LogP contribution is 2.42. The quantitative estimate of drug-likeness (QED) is 0.0909. The van der Waals surface area contributed by atoms with Gasteiger partial charge in [0.25, 0.3) is 17.1 Å². The zero-order valence-electron chi connectivity index (χ0n) is 45.5. The van der Waals surface area contributed by atoms with Crippen LogP contribution in [0.1, 0.15) is 86.2 Å². The van der Waals surface area contributed by atoms with Crippen LogP contribution in [0.2, 0.25) is 5.02 Å². The van der Waals surface area contributed by atoms with Crippen molar-refractivity contribution in [2.75, 3.05) is 19.0 Å². The van der Waals surface area contributed by atoms with Crippen molar-refractivity contribution in [2.45, 2.75) is 104 Å². The number of aryl methyl sites for hydroxylation is 15. The molecule has 10 rings (SSSR count). The molecule has 0 spiro atoms. The lowest BCUT2D eigenvalue weighted by atomic mass is 10.0. The lowest BCUT2D eigenvalue weighted by Crippen LogP contribution is -2.10. The van der Waals surface area contributed by atoms with Crippen LogP contribution in [0, 0.1) is 152 Å². The molecule has 398 valence electrons. The van der Waals surface area contributed by atoms with Gasteiger partial charge in [-0.1, -0.05) is 11.6 Å². The smallest absolute Gasteiger partial charge is 0.293 e. The number of nitrogens with zero attached hydrogens (tertiary/aromatic N) is 11. The largest absolute Gasteiger partial charge is 0.377 e. The third kappa shape index (κ3) is 11.9. The Balaban J connectivity index is 0.000000156. The van der Waals surface area contributed by atoms with E-state index in [1.807, 2.05) is 55.4 Å². The van der Waals surface area contributed by atoms with Crippen LogP contribution >= 0.6 is 68.3 Å². The van der Waals surface area contributed by atoms with Crippen LogP contribution in [-0.2, 0) is 0 Å². The van der Waals surface area contributed by atoms with Gasteiger partial charge in [-0.05, 0) is 149 Å². The van der Waals surface area contributed by atoms with Gasteiger partial charge < -0.3 is 4.90 Å². The van der Waals surface area contributed by atoms with E-state index in [4.69, 9.17) is 23.4 Å². The second-order valence-corrected chi connectivity index (χ2v) is 24.7. The Kier molecular flexibility index (Phi) is 18.1. The van der Waals surface area contributed by atoms with Gasteiger partial charge in [0.05, 0.1) is 120 Å². The lowest BCUT2D eigenvalue weighted by Gasteiger charge is -2.16. The number of fused-ring (bicyclic) bond motifs is 5. The van der Waals surface area contributed by atoms with E-state index in [1.165, 1.54) is 49.7 Å². The number of benzene rings is 5. The molecule has 0 aliphatic rings. The zero-order chi connectivity index (χ0) is 57.4. The van der Waals surface area contributed by atoms with Gasteiger partial charge in [-0.3, -0.25) is 30.3 Å². The van der Waals surface area contributed by atoms with Crippen molar-refractivity contribution in [1.82, 2.24) is 24.9 Å². The molecule has 0 N–H and O–H groups in total. The average molecular weight is 1150 g/mol. The zero-order valence-corrected chi connectivity index (χ0v) is 50.4. The second-order valence-electron chi connectivity index (χ2n) is 18.3. The normalized spacial score (nSPS) is 10.8. The minimum absolute atomic E-state index is 0.0306. The average Bonchev–Trinajstić information content (AvgIpc) is 4.22. The molecule has 0 saturated heterocycles. The minimum atomic E-state index is -0.446. The van der Waals surface area contributed by atoms with Crippen LogP contribution < -0.4 is 4.90 Å². The van der Waals surface area contributed by atoms with Crippen molar-refractivity contribution in [3.63, 3.8) is 0 Å². The monoisotopic (exact) mass is 1150 g/mol. The molecule has 5 heterocycles. The molecule has 0 radical (unpaired) electrons. The van der Waals surface area contributed by atoms with Gasteiger partial charge in [-0.2, -0.15) is 5.26 Å². The number of nitriles is 1. The van der Waals surface area contributed by atoms with E-state index in [9.17, 15) is 30.3 Å². The van der Waals surface area contributed by atoms with E-state index in [1.54, 1.807) is 73.8 Å². The Hall–Kier alpha value is -7.18. The van der Waals surface area contributed by atoms with E-state index in [-0.39, 0.29) is 31.9 Å². The summed E-state index contributed by atoms with van der Waals surface area (Å²) in [5, 5.41) is 46.8. The molecule has 77 heavy (non-hydrogen) atoms. The summed E-state index contributed by atoms with van der Waals surface area (Å²) in [5.41, 5.74) is 15.7. The number of hydrogen-bond acceptors (Lipinski definition) is 18. The number of aromatic nitrogens is 5. The summed E-state index contributed by atoms with van der Waals surface area (Å²) in [7, 11) is 4.17. The van der Waals surface area contributed by atoms with Crippen LogP contribution in [0.25, 0.3) is 55.9 Å². The van der Waals surface area contributed by atoms with Gasteiger partial charge in [0.2, 0.25) is 5.69 Å². The molecule has 0 unspecified atom stereocenters. The van der Waals surface area contributed by atoms with Crippen LogP contribution in [0.4, 0.5) is 28.4 Å². The van der Waals surface area contributed by atoms with Gasteiger partial charge in [0.15, 0.2) is 0 Å². The first-order valence-electron chi connectivity index (χ1n) is 23.5. The molecule has 23 heteroatoms. The lowest BCUT2D eigenvalue weighted by molar-refractivity contribution is -0.385. The van der Waals surface area contributed by atoms with Gasteiger partial charge in [-0.25, -0.2) is 29.8 Å². The van der Waals surface area contributed by atoms with Gasteiger partial charge in [0.1, 0.15) is 5.02 Å². The summed E-state index contributed by atoms with van der Waals surface area (Å²) >= 11 is 14.0. The molecule has 5 aromatic heterocycles. The molecule has 0 amide bonds. The first kappa shape index (κ1) is 59.1. The SMILES string of the molecule is Cc1nc2c(C)c([N+](=O)[O-])c(Cl)c(C)c2s1.Cc1nc2c(C)c([N+](=O)[O-])cc(C)c2s1.Cc1nc2c(C)cc(N(C)C)c(C)c2s1.Cc1nc2c(C)cc([N+](=O)[O-])c(C)c2s1.[C-]#[N+]c1c(C#N)c(C)c2sc(C)nc2c1C. The van der Waals surface area contributed by atoms with E-state index in [0.29, 0.717) is 33.5 Å². The molecular formula is C54H54ClN11O6S5. The van der Waals surface area contributed by atoms with Crippen molar-refractivity contribution in [2.24, 2.45) is 0 Å².